The van der Waals surface area contributed by atoms with Crippen LogP contribution in [-0.2, 0) is 14.3 Å². The number of alkyl halides is 1. The number of halogens is 1. The van der Waals surface area contributed by atoms with Crippen LogP contribution in [0.1, 0.15) is 130 Å². The largest absolute Gasteiger partial charge is 0.460 e. The number of hydrogen-bond acceptors (Lipinski definition) is 3. The molecule has 0 heterocycles. The summed E-state index contributed by atoms with van der Waals surface area (Å²) in [6, 6.07) is 0. The Hall–Kier alpha value is -0.0900. The number of hydrogen-bond donors (Lipinski definition) is 0. The lowest BCUT2D eigenvalue weighted by Crippen LogP contribution is -2.28. The van der Waals surface area contributed by atoms with E-state index < -0.39 is 6.10 Å². The average molecular weight is 478 g/mol. The summed E-state index contributed by atoms with van der Waals surface area (Å²) in [5.74, 6) is -0.174. The first-order valence-electron chi connectivity index (χ1n) is 12.5. The van der Waals surface area contributed by atoms with Gasteiger partial charge in [0.05, 0.1) is 0 Å². The monoisotopic (exact) mass is 476 g/mol. The fourth-order valence-corrected chi connectivity index (χ4v) is 3.92. The van der Waals surface area contributed by atoms with Crippen molar-refractivity contribution in [1.82, 2.24) is 0 Å². The van der Waals surface area contributed by atoms with E-state index in [0.717, 1.165) is 37.4 Å². The van der Waals surface area contributed by atoms with Crippen LogP contribution in [0.5, 0.6) is 0 Å². The summed E-state index contributed by atoms with van der Waals surface area (Å²) in [5.41, 5.74) is 0. The highest BCUT2D eigenvalue weighted by atomic mass is 79.9. The minimum Gasteiger partial charge on any atom is -0.460 e. The van der Waals surface area contributed by atoms with E-state index in [1.165, 1.54) is 77.0 Å². The Bertz CT molecular complexity index is 333. The van der Waals surface area contributed by atoms with Crippen molar-refractivity contribution in [2.45, 2.75) is 142 Å². The molecule has 0 aliphatic carbocycles. The van der Waals surface area contributed by atoms with Crippen LogP contribution in [0.2, 0.25) is 0 Å². The van der Waals surface area contributed by atoms with Gasteiger partial charge in [-0.15, -0.1) is 0 Å². The molecule has 0 fully saturated rings. The molecule has 0 saturated carbocycles. The van der Waals surface area contributed by atoms with Gasteiger partial charge in [0, 0.05) is 11.9 Å². The molecule has 0 amide bonds. The summed E-state index contributed by atoms with van der Waals surface area (Å²) >= 11 is 3.44. The van der Waals surface area contributed by atoms with Crippen molar-refractivity contribution in [3.8, 4) is 0 Å². The third kappa shape index (κ3) is 19.6. The lowest BCUT2D eigenvalue weighted by molar-refractivity contribution is -0.162. The van der Waals surface area contributed by atoms with Crippen LogP contribution in [0.3, 0.4) is 0 Å². The molecule has 0 saturated heterocycles. The lowest BCUT2D eigenvalue weighted by Gasteiger charge is -2.21. The molecular weight excluding hydrogens is 428 g/mol. The molecule has 0 unspecified atom stereocenters. The van der Waals surface area contributed by atoms with Crippen molar-refractivity contribution in [3.05, 3.63) is 0 Å². The summed E-state index contributed by atoms with van der Waals surface area (Å²) in [6.45, 7) is 6.98. The fraction of sp³-hybridized carbons (Fsp3) is 0.960. The van der Waals surface area contributed by atoms with E-state index in [9.17, 15) is 4.79 Å². The number of esters is 1. The van der Waals surface area contributed by atoms with Gasteiger partial charge >= 0.3 is 5.97 Å². The molecule has 174 valence electrons. The maximum Gasteiger partial charge on any atom is 0.335 e. The zero-order chi connectivity index (χ0) is 21.6. The maximum absolute atomic E-state index is 12.5. The van der Waals surface area contributed by atoms with E-state index in [1.54, 1.807) is 0 Å². The van der Waals surface area contributed by atoms with Crippen LogP contribution in [0, 0.1) is 0 Å². The van der Waals surface area contributed by atoms with Gasteiger partial charge in [-0.05, 0) is 45.4 Å². The minimum atomic E-state index is -0.449. The van der Waals surface area contributed by atoms with Crippen LogP contribution in [-0.4, -0.2) is 30.1 Å². The second-order valence-corrected chi connectivity index (χ2v) is 9.23. The maximum atomic E-state index is 12.5. The third-order valence-electron chi connectivity index (χ3n) is 5.52. The molecule has 0 aromatic rings. The SMILES string of the molecule is CCCCCCCCC(CCCCCCCC)OC(=O)[C@H](C)OCCCCCBr. The molecule has 0 bridgehead atoms. The molecular formula is C25H49BrO3. The Kier molecular flexibility index (Phi) is 22.5. The van der Waals surface area contributed by atoms with Crippen LogP contribution in [0.15, 0.2) is 0 Å². The second-order valence-electron chi connectivity index (χ2n) is 8.43. The van der Waals surface area contributed by atoms with E-state index in [2.05, 4.69) is 29.8 Å². The smallest absolute Gasteiger partial charge is 0.335 e. The van der Waals surface area contributed by atoms with Gasteiger partial charge in [-0.1, -0.05) is 100 Å². The predicted octanol–water partition coefficient (Wildman–Crippen LogP) is 8.37. The first kappa shape index (κ1) is 28.9. The van der Waals surface area contributed by atoms with E-state index in [4.69, 9.17) is 9.47 Å². The van der Waals surface area contributed by atoms with Gasteiger partial charge in [-0.3, -0.25) is 0 Å². The molecule has 0 aromatic carbocycles. The van der Waals surface area contributed by atoms with Crippen LogP contribution >= 0.6 is 15.9 Å². The number of rotatable bonds is 22. The van der Waals surface area contributed by atoms with Crippen molar-refractivity contribution in [3.63, 3.8) is 0 Å². The molecule has 4 heteroatoms. The minimum absolute atomic E-state index is 0.0688. The van der Waals surface area contributed by atoms with Gasteiger partial charge in [0.1, 0.15) is 6.10 Å². The van der Waals surface area contributed by atoms with E-state index >= 15 is 0 Å². The molecule has 0 rings (SSSR count). The highest BCUT2D eigenvalue weighted by Gasteiger charge is 2.20. The molecule has 1 atom stereocenters. The van der Waals surface area contributed by atoms with E-state index in [-0.39, 0.29) is 12.1 Å². The molecule has 0 aliphatic rings. The summed E-state index contributed by atoms with van der Waals surface area (Å²) in [4.78, 5) is 12.5. The van der Waals surface area contributed by atoms with Gasteiger partial charge in [0.2, 0.25) is 0 Å². The Balaban J connectivity index is 4.18. The fourth-order valence-electron chi connectivity index (χ4n) is 3.53. The standard InChI is InChI=1S/C25H49BrO3/c1-4-6-8-10-12-15-19-24(20-16-13-11-9-7-5-2)29-25(27)23(3)28-22-18-14-17-21-26/h23-24H,4-22H2,1-3H3/t23-/m0/s1. The summed E-state index contributed by atoms with van der Waals surface area (Å²) < 4.78 is 11.6. The van der Waals surface area contributed by atoms with E-state index in [1.807, 2.05) is 6.92 Å². The van der Waals surface area contributed by atoms with Gasteiger partial charge < -0.3 is 9.47 Å². The second kappa shape index (κ2) is 22.6. The molecule has 0 spiro atoms. The van der Waals surface area contributed by atoms with Crippen LogP contribution < -0.4 is 0 Å². The quantitative estimate of drug-likeness (QED) is 0.0892. The Labute approximate surface area is 190 Å². The number of carbonyl (C=O) groups is 1. The van der Waals surface area contributed by atoms with E-state index in [0.29, 0.717) is 6.61 Å². The van der Waals surface area contributed by atoms with Crippen molar-refractivity contribution in [2.75, 3.05) is 11.9 Å². The highest BCUT2D eigenvalue weighted by molar-refractivity contribution is 9.09. The number of ether oxygens (including phenoxy) is 2. The normalized spacial score (nSPS) is 12.4. The molecule has 3 nitrogen and oxygen atoms in total. The van der Waals surface area contributed by atoms with Gasteiger partial charge in [-0.2, -0.15) is 0 Å². The van der Waals surface area contributed by atoms with Crippen molar-refractivity contribution < 1.29 is 14.3 Å². The van der Waals surface area contributed by atoms with Crippen LogP contribution in [0.25, 0.3) is 0 Å². The third-order valence-corrected chi connectivity index (χ3v) is 6.08. The Morgan fingerprint density at radius 1 is 0.724 bits per heavy atom. The topological polar surface area (TPSA) is 35.5 Å². The number of unbranched alkanes of at least 4 members (excludes halogenated alkanes) is 12. The lowest BCUT2D eigenvalue weighted by atomic mass is 10.0. The zero-order valence-electron chi connectivity index (χ0n) is 19.7. The van der Waals surface area contributed by atoms with Gasteiger partial charge in [-0.25, -0.2) is 4.79 Å². The molecule has 0 aromatic heterocycles. The Morgan fingerprint density at radius 2 is 1.21 bits per heavy atom. The Morgan fingerprint density at radius 3 is 1.72 bits per heavy atom. The summed E-state index contributed by atoms with van der Waals surface area (Å²) in [7, 11) is 0. The molecule has 29 heavy (non-hydrogen) atoms. The molecule has 0 radical (unpaired) electrons. The average Bonchev–Trinajstić information content (AvgIpc) is 2.72. The van der Waals surface area contributed by atoms with Crippen molar-refractivity contribution in [2.24, 2.45) is 0 Å². The zero-order valence-corrected chi connectivity index (χ0v) is 21.3. The van der Waals surface area contributed by atoms with Crippen molar-refractivity contribution in [1.29, 1.82) is 0 Å². The first-order chi connectivity index (χ1) is 14.2. The molecule has 0 aliphatic heterocycles. The number of carbonyl (C=O) groups excluding carboxylic acids is 1. The predicted molar refractivity (Wildman–Crippen MR) is 129 cm³/mol. The van der Waals surface area contributed by atoms with Crippen molar-refractivity contribution >= 4 is 21.9 Å². The van der Waals surface area contributed by atoms with Gasteiger partial charge in [0.25, 0.3) is 0 Å². The molecule has 0 N–H and O–H groups in total. The van der Waals surface area contributed by atoms with Gasteiger partial charge in [0.15, 0.2) is 6.10 Å². The highest BCUT2D eigenvalue weighted by Crippen LogP contribution is 2.18. The summed E-state index contributed by atoms with van der Waals surface area (Å²) in [6.07, 6.45) is 20.3. The first-order valence-corrected chi connectivity index (χ1v) is 13.7. The summed E-state index contributed by atoms with van der Waals surface area (Å²) in [5, 5.41) is 1.03. The van der Waals surface area contributed by atoms with Crippen LogP contribution in [0.4, 0.5) is 0 Å².